The average Bonchev–Trinajstić information content (AvgIpc) is 3.40. The van der Waals surface area contributed by atoms with Crippen LogP contribution in [-0.4, -0.2) is 59.8 Å². The molecule has 0 aliphatic heterocycles. The quantitative estimate of drug-likeness (QED) is 0.257. The van der Waals surface area contributed by atoms with Gasteiger partial charge in [-0.05, 0) is 44.5 Å². The second-order valence-electron chi connectivity index (χ2n) is 8.38. The zero-order valence-corrected chi connectivity index (χ0v) is 23.0. The summed E-state index contributed by atoms with van der Waals surface area (Å²) in [5, 5.41) is 4.89. The number of rotatable bonds is 10. The Morgan fingerprint density at radius 1 is 0.974 bits per heavy atom. The zero-order chi connectivity index (χ0) is 26.5. The maximum Gasteiger partial charge on any atom is 0.340 e. The van der Waals surface area contributed by atoms with Crippen molar-refractivity contribution in [3.05, 3.63) is 54.2 Å². The minimum atomic E-state index is -0.501. The third kappa shape index (κ3) is 5.75. The van der Waals surface area contributed by atoms with Gasteiger partial charge >= 0.3 is 5.97 Å². The largest absolute Gasteiger partial charge is 0.493 e. The van der Waals surface area contributed by atoms with Crippen LogP contribution < -0.4 is 18.9 Å². The highest BCUT2D eigenvalue weighted by atomic mass is 35.5. The minimum absolute atomic E-state index is 0. The number of methoxy groups -OCH3 is 3. The molecule has 0 fully saturated rings. The Morgan fingerprint density at radius 3 is 2.29 bits per heavy atom. The standard InChI is InChI=1S/C27H30N4O6.ClH/c1-7-36-27(32)26-20(13-31-15-28-14-29-31)30-19-12-23(35-6)22(34-5)11-18(19)25(26)17-8-9-21(33-4)24(10-17)37-16(2)3;/h8-12,14-16H,7,13H2,1-6H3;1H. The van der Waals surface area contributed by atoms with Crippen molar-refractivity contribution in [1.82, 2.24) is 19.7 Å². The van der Waals surface area contributed by atoms with Gasteiger partial charge in [0.25, 0.3) is 0 Å². The summed E-state index contributed by atoms with van der Waals surface area (Å²) >= 11 is 0. The Hall–Kier alpha value is -4.05. The van der Waals surface area contributed by atoms with E-state index in [1.807, 2.05) is 38.1 Å². The number of pyridine rings is 1. The van der Waals surface area contributed by atoms with Crippen molar-refractivity contribution in [2.45, 2.75) is 33.4 Å². The fraction of sp³-hybridized carbons (Fsp3) is 0.333. The Morgan fingerprint density at radius 2 is 1.68 bits per heavy atom. The molecule has 2 aromatic heterocycles. The van der Waals surface area contributed by atoms with Crippen molar-refractivity contribution in [3.63, 3.8) is 0 Å². The molecule has 4 rings (SSSR count). The predicted molar refractivity (Wildman–Crippen MR) is 145 cm³/mol. The summed E-state index contributed by atoms with van der Waals surface area (Å²) in [6.07, 6.45) is 2.91. The number of nitrogens with zero attached hydrogens (tertiary/aromatic N) is 4. The van der Waals surface area contributed by atoms with E-state index in [4.69, 9.17) is 28.7 Å². The number of fused-ring (bicyclic) bond motifs is 1. The van der Waals surface area contributed by atoms with E-state index in [0.717, 1.165) is 5.56 Å². The minimum Gasteiger partial charge on any atom is -0.493 e. The zero-order valence-electron chi connectivity index (χ0n) is 22.2. The van der Waals surface area contributed by atoms with Crippen molar-refractivity contribution < 1.29 is 28.5 Å². The molecule has 202 valence electrons. The number of hydrogen-bond donors (Lipinski definition) is 0. The second-order valence-corrected chi connectivity index (χ2v) is 8.38. The molecule has 10 nitrogen and oxygen atoms in total. The third-order valence-corrected chi connectivity index (χ3v) is 5.64. The first kappa shape index (κ1) is 28.5. The number of halogens is 1. The van der Waals surface area contributed by atoms with Gasteiger partial charge in [-0.25, -0.2) is 19.4 Å². The van der Waals surface area contributed by atoms with Crippen LogP contribution >= 0.6 is 12.4 Å². The van der Waals surface area contributed by atoms with Gasteiger partial charge in [0.2, 0.25) is 0 Å². The molecule has 0 aliphatic carbocycles. The number of hydrogen-bond acceptors (Lipinski definition) is 9. The Bertz CT molecular complexity index is 1410. The summed E-state index contributed by atoms with van der Waals surface area (Å²) in [5.41, 5.74) is 2.74. The molecule has 0 bridgehead atoms. The summed E-state index contributed by atoms with van der Waals surface area (Å²) in [4.78, 5) is 22.3. The van der Waals surface area contributed by atoms with Gasteiger partial charge < -0.3 is 23.7 Å². The molecule has 0 spiro atoms. The fourth-order valence-corrected chi connectivity index (χ4v) is 4.12. The predicted octanol–water partition coefficient (Wildman–Crippen LogP) is 4.95. The third-order valence-electron chi connectivity index (χ3n) is 5.64. The molecule has 2 aromatic carbocycles. The van der Waals surface area contributed by atoms with Crippen molar-refractivity contribution in [2.24, 2.45) is 0 Å². The van der Waals surface area contributed by atoms with Crippen LogP contribution in [0, 0.1) is 0 Å². The van der Waals surface area contributed by atoms with Crippen LogP contribution in [0.4, 0.5) is 0 Å². The van der Waals surface area contributed by atoms with E-state index >= 15 is 0 Å². The lowest BCUT2D eigenvalue weighted by molar-refractivity contribution is 0.0525. The van der Waals surface area contributed by atoms with Gasteiger partial charge in [0, 0.05) is 17.0 Å². The van der Waals surface area contributed by atoms with Gasteiger partial charge in [-0.3, -0.25) is 0 Å². The smallest absolute Gasteiger partial charge is 0.340 e. The van der Waals surface area contributed by atoms with Crippen LogP contribution in [0.15, 0.2) is 43.0 Å². The van der Waals surface area contributed by atoms with E-state index in [9.17, 15) is 4.79 Å². The van der Waals surface area contributed by atoms with E-state index in [1.165, 1.54) is 6.33 Å². The van der Waals surface area contributed by atoms with Gasteiger partial charge in [-0.15, -0.1) is 12.4 Å². The first-order valence-corrected chi connectivity index (χ1v) is 11.8. The summed E-state index contributed by atoms with van der Waals surface area (Å²) in [6, 6.07) is 9.13. The maximum absolute atomic E-state index is 13.5. The molecule has 0 atom stereocenters. The molecule has 0 amide bonds. The van der Waals surface area contributed by atoms with Crippen LogP contribution in [0.1, 0.15) is 36.8 Å². The molecule has 11 heteroatoms. The Labute approximate surface area is 227 Å². The number of esters is 1. The van der Waals surface area contributed by atoms with Gasteiger partial charge in [-0.2, -0.15) is 5.10 Å². The van der Waals surface area contributed by atoms with Crippen molar-refractivity contribution in [3.8, 4) is 34.1 Å². The first-order chi connectivity index (χ1) is 17.9. The molecule has 0 saturated heterocycles. The molecule has 2 heterocycles. The fourth-order valence-electron chi connectivity index (χ4n) is 4.12. The van der Waals surface area contributed by atoms with E-state index in [-0.39, 0.29) is 31.7 Å². The molecule has 0 N–H and O–H groups in total. The Kier molecular flexibility index (Phi) is 9.35. The lowest BCUT2D eigenvalue weighted by atomic mass is 9.93. The van der Waals surface area contributed by atoms with Crippen LogP contribution in [0.5, 0.6) is 23.0 Å². The van der Waals surface area contributed by atoms with Crippen LogP contribution in [0.3, 0.4) is 0 Å². The molecule has 0 saturated carbocycles. The summed E-state index contributed by atoms with van der Waals surface area (Å²) < 4.78 is 29.8. The maximum atomic E-state index is 13.5. The highest BCUT2D eigenvalue weighted by molar-refractivity contribution is 6.08. The van der Waals surface area contributed by atoms with Gasteiger partial charge in [-0.1, -0.05) is 6.07 Å². The van der Waals surface area contributed by atoms with Crippen molar-refractivity contribution in [1.29, 1.82) is 0 Å². The van der Waals surface area contributed by atoms with Crippen LogP contribution in [0.25, 0.3) is 22.0 Å². The molecule has 0 radical (unpaired) electrons. The van der Waals surface area contributed by atoms with Gasteiger partial charge in [0.1, 0.15) is 12.7 Å². The van der Waals surface area contributed by atoms with E-state index < -0.39 is 5.97 Å². The Balaban J connectivity index is 0.00000400. The number of benzene rings is 2. The molecule has 4 aromatic rings. The van der Waals surface area contributed by atoms with Crippen LogP contribution in [0.2, 0.25) is 0 Å². The molecular weight excluding hydrogens is 512 g/mol. The average molecular weight is 543 g/mol. The van der Waals surface area contributed by atoms with Crippen LogP contribution in [-0.2, 0) is 11.3 Å². The summed E-state index contributed by atoms with van der Waals surface area (Å²) in [7, 11) is 4.71. The number of ether oxygens (including phenoxy) is 5. The van der Waals surface area contributed by atoms with E-state index in [1.54, 1.807) is 45.3 Å². The molecule has 0 unspecified atom stereocenters. The monoisotopic (exact) mass is 542 g/mol. The summed E-state index contributed by atoms with van der Waals surface area (Å²) in [6.45, 7) is 6.04. The number of carbonyl (C=O) groups excluding carboxylic acids is 1. The number of aromatic nitrogens is 4. The van der Waals surface area contributed by atoms with Gasteiger partial charge in [0.05, 0.1) is 57.4 Å². The molecular formula is C27H31ClN4O6. The molecule has 0 aliphatic rings. The van der Waals surface area contributed by atoms with Crippen molar-refractivity contribution in [2.75, 3.05) is 27.9 Å². The van der Waals surface area contributed by atoms with E-state index in [0.29, 0.717) is 50.7 Å². The highest BCUT2D eigenvalue weighted by Gasteiger charge is 2.26. The molecule has 38 heavy (non-hydrogen) atoms. The van der Waals surface area contributed by atoms with E-state index in [2.05, 4.69) is 10.1 Å². The summed E-state index contributed by atoms with van der Waals surface area (Å²) in [5.74, 6) is 1.65. The lowest BCUT2D eigenvalue weighted by Crippen LogP contribution is -2.15. The first-order valence-electron chi connectivity index (χ1n) is 11.8. The number of carbonyl (C=O) groups is 1. The topological polar surface area (TPSA) is 107 Å². The van der Waals surface area contributed by atoms with Gasteiger partial charge in [0.15, 0.2) is 23.0 Å². The lowest BCUT2D eigenvalue weighted by Gasteiger charge is -2.20. The normalized spacial score (nSPS) is 10.7. The highest BCUT2D eigenvalue weighted by Crippen LogP contribution is 2.42. The second kappa shape index (κ2) is 12.5. The SMILES string of the molecule is CCOC(=O)c1c(Cn2cncn2)nc2cc(OC)c(OC)cc2c1-c1ccc(OC)c(OC(C)C)c1.Cl. The van der Waals surface area contributed by atoms with Crippen molar-refractivity contribution >= 4 is 29.3 Å².